The lowest BCUT2D eigenvalue weighted by atomic mass is 10.1. The van der Waals surface area contributed by atoms with Crippen LogP contribution in [0.25, 0.3) is 6.08 Å². The van der Waals surface area contributed by atoms with Crippen LogP contribution in [0.3, 0.4) is 0 Å². The summed E-state index contributed by atoms with van der Waals surface area (Å²) < 4.78 is 16.0. The SMILES string of the molecule is COCCN1C(=O)S/C(=C\c2ccc(OCC(C)C)c(OC)c2)C1=O. The number of methoxy groups -OCH3 is 2. The fourth-order valence-electron chi connectivity index (χ4n) is 2.18. The minimum atomic E-state index is -0.300. The van der Waals surface area contributed by atoms with Gasteiger partial charge in [-0.1, -0.05) is 19.9 Å². The number of carbonyl (C=O) groups excluding carboxylic acids is 2. The molecule has 25 heavy (non-hydrogen) atoms. The fraction of sp³-hybridized carbons (Fsp3) is 0.444. The number of amides is 2. The molecular weight excluding hydrogens is 342 g/mol. The molecule has 2 rings (SSSR count). The molecule has 6 nitrogen and oxygen atoms in total. The van der Waals surface area contributed by atoms with Crippen molar-refractivity contribution < 1.29 is 23.8 Å². The van der Waals surface area contributed by atoms with E-state index in [1.165, 1.54) is 12.0 Å². The van der Waals surface area contributed by atoms with Gasteiger partial charge in [0.2, 0.25) is 0 Å². The van der Waals surface area contributed by atoms with Crippen LogP contribution < -0.4 is 9.47 Å². The van der Waals surface area contributed by atoms with Gasteiger partial charge in [0.1, 0.15) is 0 Å². The van der Waals surface area contributed by atoms with E-state index in [-0.39, 0.29) is 17.7 Å². The van der Waals surface area contributed by atoms with Gasteiger partial charge < -0.3 is 14.2 Å². The summed E-state index contributed by atoms with van der Waals surface area (Å²) >= 11 is 0.930. The van der Waals surface area contributed by atoms with Gasteiger partial charge in [-0.15, -0.1) is 0 Å². The number of nitrogens with zero attached hydrogens (tertiary/aromatic N) is 1. The third-order valence-corrected chi connectivity index (χ3v) is 4.36. The van der Waals surface area contributed by atoms with E-state index >= 15 is 0 Å². The minimum absolute atomic E-state index is 0.254. The first-order chi connectivity index (χ1) is 12.0. The highest BCUT2D eigenvalue weighted by Crippen LogP contribution is 2.34. The van der Waals surface area contributed by atoms with Gasteiger partial charge in [-0.05, 0) is 41.5 Å². The second-order valence-corrected chi connectivity index (χ2v) is 6.93. The van der Waals surface area contributed by atoms with Crippen molar-refractivity contribution in [3.63, 3.8) is 0 Å². The molecule has 7 heteroatoms. The Kier molecular flexibility index (Phi) is 6.90. The standard InChI is InChI=1S/C18H23NO5S/c1-12(2)11-24-14-6-5-13(9-15(14)23-4)10-16-17(20)19(7-8-22-3)18(21)25-16/h5-6,9-10,12H,7-8,11H2,1-4H3/b16-10-. The summed E-state index contributed by atoms with van der Waals surface area (Å²) in [6.07, 6.45) is 1.69. The Balaban J connectivity index is 2.17. The van der Waals surface area contributed by atoms with Crippen molar-refractivity contribution in [3.8, 4) is 11.5 Å². The van der Waals surface area contributed by atoms with Crippen LogP contribution in [0.1, 0.15) is 19.4 Å². The first-order valence-electron chi connectivity index (χ1n) is 8.01. The Morgan fingerprint density at radius 1 is 1.20 bits per heavy atom. The van der Waals surface area contributed by atoms with Crippen LogP contribution in [0.2, 0.25) is 0 Å². The van der Waals surface area contributed by atoms with Gasteiger partial charge in [0.05, 0.1) is 31.8 Å². The van der Waals surface area contributed by atoms with E-state index in [1.807, 2.05) is 12.1 Å². The van der Waals surface area contributed by atoms with Gasteiger partial charge >= 0.3 is 0 Å². The monoisotopic (exact) mass is 365 g/mol. The van der Waals surface area contributed by atoms with Gasteiger partial charge in [0, 0.05) is 7.11 Å². The average molecular weight is 365 g/mol. The molecule has 0 N–H and O–H groups in total. The molecule has 0 atom stereocenters. The van der Waals surface area contributed by atoms with E-state index in [2.05, 4.69) is 13.8 Å². The molecular formula is C18H23NO5S. The first kappa shape index (κ1) is 19.3. The third-order valence-electron chi connectivity index (χ3n) is 3.45. The number of rotatable bonds is 8. The summed E-state index contributed by atoms with van der Waals surface area (Å²) in [6.45, 7) is 5.31. The normalized spacial score (nSPS) is 16.2. The van der Waals surface area contributed by atoms with Crippen molar-refractivity contribution in [2.75, 3.05) is 34.0 Å². The van der Waals surface area contributed by atoms with Crippen LogP contribution >= 0.6 is 11.8 Å². The number of ether oxygens (including phenoxy) is 3. The van der Waals surface area contributed by atoms with E-state index in [1.54, 1.807) is 19.3 Å². The molecule has 1 aromatic carbocycles. The van der Waals surface area contributed by atoms with Crippen LogP contribution in [0.5, 0.6) is 11.5 Å². The summed E-state index contributed by atoms with van der Waals surface area (Å²) in [4.78, 5) is 25.9. The molecule has 1 fully saturated rings. The van der Waals surface area contributed by atoms with Crippen molar-refractivity contribution in [1.29, 1.82) is 0 Å². The lowest BCUT2D eigenvalue weighted by Crippen LogP contribution is -2.31. The molecule has 1 heterocycles. The van der Waals surface area contributed by atoms with E-state index < -0.39 is 0 Å². The van der Waals surface area contributed by atoms with Crippen molar-refractivity contribution in [2.45, 2.75) is 13.8 Å². The first-order valence-corrected chi connectivity index (χ1v) is 8.83. The van der Waals surface area contributed by atoms with Crippen LogP contribution in [0.15, 0.2) is 23.1 Å². The van der Waals surface area contributed by atoms with Crippen LogP contribution in [0, 0.1) is 5.92 Å². The molecule has 0 spiro atoms. The maximum atomic E-state index is 12.3. The molecule has 136 valence electrons. The van der Waals surface area contributed by atoms with Crippen molar-refractivity contribution >= 4 is 29.0 Å². The Morgan fingerprint density at radius 2 is 1.96 bits per heavy atom. The summed E-state index contributed by atoms with van der Waals surface area (Å²) in [6, 6.07) is 5.43. The van der Waals surface area contributed by atoms with Crippen LogP contribution in [-0.4, -0.2) is 50.0 Å². The zero-order chi connectivity index (χ0) is 18.4. The topological polar surface area (TPSA) is 65.1 Å². The van der Waals surface area contributed by atoms with E-state index in [0.717, 1.165) is 17.3 Å². The Hall–Kier alpha value is -1.99. The van der Waals surface area contributed by atoms with Crippen molar-refractivity contribution in [2.24, 2.45) is 5.92 Å². The number of hydrogen-bond acceptors (Lipinski definition) is 6. The Morgan fingerprint density at radius 3 is 2.60 bits per heavy atom. The van der Waals surface area contributed by atoms with Crippen molar-refractivity contribution in [1.82, 2.24) is 4.90 Å². The number of carbonyl (C=O) groups is 2. The van der Waals surface area contributed by atoms with E-state index in [9.17, 15) is 9.59 Å². The van der Waals surface area contributed by atoms with Gasteiger partial charge in [0.15, 0.2) is 11.5 Å². The maximum Gasteiger partial charge on any atom is 0.293 e. The van der Waals surface area contributed by atoms with Crippen molar-refractivity contribution in [3.05, 3.63) is 28.7 Å². The largest absolute Gasteiger partial charge is 0.493 e. The van der Waals surface area contributed by atoms with E-state index in [0.29, 0.717) is 35.5 Å². The molecule has 1 saturated heterocycles. The predicted octanol–water partition coefficient (Wildman–Crippen LogP) is 3.41. The second kappa shape index (κ2) is 8.92. The molecule has 1 aliphatic rings. The highest BCUT2D eigenvalue weighted by atomic mass is 32.2. The molecule has 1 aromatic rings. The predicted molar refractivity (Wildman–Crippen MR) is 97.9 cm³/mol. The minimum Gasteiger partial charge on any atom is -0.493 e. The van der Waals surface area contributed by atoms with Gasteiger partial charge in [-0.2, -0.15) is 0 Å². The highest BCUT2D eigenvalue weighted by molar-refractivity contribution is 8.18. The van der Waals surface area contributed by atoms with E-state index in [4.69, 9.17) is 14.2 Å². The lowest BCUT2D eigenvalue weighted by Gasteiger charge is -2.13. The summed E-state index contributed by atoms with van der Waals surface area (Å²) in [5.41, 5.74) is 0.769. The van der Waals surface area contributed by atoms with Crippen LogP contribution in [0.4, 0.5) is 4.79 Å². The second-order valence-electron chi connectivity index (χ2n) is 5.94. The third kappa shape index (κ3) is 4.99. The van der Waals surface area contributed by atoms with Gasteiger partial charge in [0.25, 0.3) is 11.1 Å². The van der Waals surface area contributed by atoms with Crippen LogP contribution in [-0.2, 0) is 9.53 Å². The number of thioether (sulfide) groups is 1. The Bertz CT molecular complexity index is 671. The summed E-state index contributed by atoms with van der Waals surface area (Å²) in [5.74, 6) is 1.35. The Labute approximate surface area is 152 Å². The average Bonchev–Trinajstić information content (AvgIpc) is 2.85. The maximum absolute atomic E-state index is 12.3. The number of imide groups is 1. The quantitative estimate of drug-likeness (QED) is 0.658. The number of benzene rings is 1. The summed E-state index contributed by atoms with van der Waals surface area (Å²) in [5, 5.41) is -0.280. The lowest BCUT2D eigenvalue weighted by molar-refractivity contribution is -0.123. The molecule has 0 aromatic heterocycles. The zero-order valence-electron chi connectivity index (χ0n) is 14.9. The molecule has 0 unspecified atom stereocenters. The van der Waals surface area contributed by atoms with Gasteiger partial charge in [-0.25, -0.2) is 0 Å². The molecule has 2 amide bonds. The van der Waals surface area contributed by atoms with Gasteiger partial charge in [-0.3, -0.25) is 14.5 Å². The summed E-state index contributed by atoms with van der Waals surface area (Å²) in [7, 11) is 3.10. The molecule has 0 radical (unpaired) electrons. The smallest absolute Gasteiger partial charge is 0.293 e. The fourth-order valence-corrected chi connectivity index (χ4v) is 3.04. The highest BCUT2D eigenvalue weighted by Gasteiger charge is 2.34. The number of hydrogen-bond donors (Lipinski definition) is 0. The molecule has 0 aliphatic carbocycles. The zero-order valence-corrected chi connectivity index (χ0v) is 15.7. The molecule has 0 saturated carbocycles. The molecule has 1 aliphatic heterocycles. The molecule has 0 bridgehead atoms.